The number of carbonyl (C=O) groups is 1. The van der Waals surface area contributed by atoms with Gasteiger partial charge in [-0.05, 0) is 49.3 Å². The van der Waals surface area contributed by atoms with Gasteiger partial charge in [-0.2, -0.15) is 5.10 Å². The Balaban J connectivity index is 1.78. The van der Waals surface area contributed by atoms with E-state index in [0.717, 1.165) is 24.9 Å². The number of hydrogen-bond acceptors (Lipinski definition) is 4. The van der Waals surface area contributed by atoms with Crippen molar-refractivity contribution >= 4 is 23.3 Å². The van der Waals surface area contributed by atoms with E-state index in [1.54, 1.807) is 0 Å². The minimum Gasteiger partial charge on any atom is -0.335 e. The zero-order valence-corrected chi connectivity index (χ0v) is 14.4. The molecule has 1 saturated heterocycles. The summed E-state index contributed by atoms with van der Waals surface area (Å²) in [6.07, 6.45) is 4.60. The minimum absolute atomic E-state index is 0.120. The molecule has 6 nitrogen and oxygen atoms in total. The number of hydrazone groups is 1. The van der Waals surface area contributed by atoms with Crippen LogP contribution < -0.4 is 17.1 Å². The SMILES string of the molecule is N/N=C(/CC1CC[C@@H](c2ccc(Cl)cc2)N(CC2CC2)C1=O)NN. The molecule has 5 N–H and O–H groups in total. The maximum Gasteiger partial charge on any atom is 0.226 e. The zero-order valence-electron chi connectivity index (χ0n) is 13.6. The van der Waals surface area contributed by atoms with E-state index in [9.17, 15) is 4.79 Å². The van der Waals surface area contributed by atoms with Crippen molar-refractivity contribution < 1.29 is 4.79 Å². The molecular formula is C17H24ClN5O. The van der Waals surface area contributed by atoms with E-state index < -0.39 is 0 Å². The molecule has 1 aromatic carbocycles. The number of amidine groups is 1. The van der Waals surface area contributed by atoms with Gasteiger partial charge in [0.05, 0.1) is 6.04 Å². The fourth-order valence-corrected chi connectivity index (χ4v) is 3.55. The van der Waals surface area contributed by atoms with Crippen molar-refractivity contribution in [1.82, 2.24) is 10.3 Å². The van der Waals surface area contributed by atoms with Crippen LogP contribution in [0.4, 0.5) is 0 Å². The second-order valence-electron chi connectivity index (χ2n) is 6.70. The summed E-state index contributed by atoms with van der Waals surface area (Å²) in [4.78, 5) is 15.1. The lowest BCUT2D eigenvalue weighted by Gasteiger charge is -2.40. The van der Waals surface area contributed by atoms with Crippen LogP contribution in [0.5, 0.6) is 0 Å². The number of likely N-dealkylation sites (tertiary alicyclic amines) is 1. The first-order chi connectivity index (χ1) is 11.6. The highest BCUT2D eigenvalue weighted by Gasteiger charge is 2.39. The molecule has 7 heteroatoms. The molecule has 1 aliphatic heterocycles. The number of carbonyl (C=O) groups excluding carboxylic acids is 1. The average Bonchev–Trinajstić information content (AvgIpc) is 3.41. The van der Waals surface area contributed by atoms with Gasteiger partial charge in [0.1, 0.15) is 5.84 Å². The van der Waals surface area contributed by atoms with Gasteiger partial charge in [0, 0.05) is 23.9 Å². The molecule has 1 saturated carbocycles. The Morgan fingerprint density at radius 2 is 1.96 bits per heavy atom. The molecule has 1 unspecified atom stereocenters. The van der Waals surface area contributed by atoms with Crippen molar-refractivity contribution in [1.29, 1.82) is 0 Å². The summed E-state index contributed by atoms with van der Waals surface area (Å²) in [6.45, 7) is 0.827. The maximum atomic E-state index is 13.0. The summed E-state index contributed by atoms with van der Waals surface area (Å²) < 4.78 is 0. The van der Waals surface area contributed by atoms with Crippen LogP contribution in [0, 0.1) is 11.8 Å². The second kappa shape index (κ2) is 7.40. The van der Waals surface area contributed by atoms with Gasteiger partial charge in [-0.15, -0.1) is 0 Å². The van der Waals surface area contributed by atoms with E-state index in [2.05, 4.69) is 10.5 Å². The van der Waals surface area contributed by atoms with E-state index in [4.69, 9.17) is 23.3 Å². The Hall–Kier alpha value is -1.79. The van der Waals surface area contributed by atoms with E-state index in [1.165, 1.54) is 12.8 Å². The molecule has 0 aromatic heterocycles. The van der Waals surface area contributed by atoms with Crippen LogP contribution in [0.2, 0.25) is 5.02 Å². The molecule has 3 rings (SSSR count). The van der Waals surface area contributed by atoms with Crippen molar-refractivity contribution in [2.75, 3.05) is 6.54 Å². The topological polar surface area (TPSA) is 96.7 Å². The Bertz CT molecular complexity index is 614. The normalized spacial score (nSPS) is 25.0. The molecule has 2 fully saturated rings. The van der Waals surface area contributed by atoms with E-state index in [-0.39, 0.29) is 17.9 Å². The highest BCUT2D eigenvalue weighted by Crippen LogP contribution is 2.39. The number of amides is 1. The summed E-state index contributed by atoms with van der Waals surface area (Å²) in [5.41, 5.74) is 3.63. The molecule has 2 aliphatic rings. The molecule has 0 bridgehead atoms. The second-order valence-corrected chi connectivity index (χ2v) is 7.14. The highest BCUT2D eigenvalue weighted by molar-refractivity contribution is 6.30. The zero-order chi connectivity index (χ0) is 17.1. The first-order valence-corrected chi connectivity index (χ1v) is 8.79. The molecule has 130 valence electrons. The Morgan fingerprint density at radius 1 is 1.25 bits per heavy atom. The molecule has 1 heterocycles. The third-order valence-electron chi connectivity index (χ3n) is 4.97. The molecule has 0 spiro atoms. The summed E-state index contributed by atoms with van der Waals surface area (Å²) in [7, 11) is 0. The average molecular weight is 350 g/mol. The van der Waals surface area contributed by atoms with Gasteiger partial charge < -0.3 is 16.2 Å². The third kappa shape index (κ3) is 3.82. The van der Waals surface area contributed by atoms with Crippen LogP contribution in [0.25, 0.3) is 0 Å². The van der Waals surface area contributed by atoms with Gasteiger partial charge >= 0.3 is 0 Å². The van der Waals surface area contributed by atoms with Crippen LogP contribution in [0.3, 0.4) is 0 Å². The monoisotopic (exact) mass is 349 g/mol. The predicted molar refractivity (Wildman–Crippen MR) is 94.9 cm³/mol. The van der Waals surface area contributed by atoms with E-state index in [1.807, 2.05) is 29.2 Å². The molecule has 2 atom stereocenters. The van der Waals surface area contributed by atoms with Gasteiger partial charge in [-0.1, -0.05) is 23.7 Å². The van der Waals surface area contributed by atoms with Crippen LogP contribution >= 0.6 is 11.6 Å². The number of hydrazine groups is 1. The number of nitrogens with one attached hydrogen (secondary N) is 1. The van der Waals surface area contributed by atoms with Crippen molar-refractivity contribution in [3.8, 4) is 0 Å². The maximum absolute atomic E-state index is 13.0. The standard InChI is InChI=1S/C17H24ClN5O/c18-14-6-3-12(4-7-14)15-8-5-13(9-16(21-19)22-20)17(24)23(15)10-11-1-2-11/h3-4,6-7,11,13,15H,1-2,5,8-10,19-20H2,(H,21,22)/t13?,15-/m0/s1. The Kier molecular flexibility index (Phi) is 5.26. The number of nitrogens with two attached hydrogens (primary N) is 2. The van der Waals surface area contributed by atoms with Crippen molar-refractivity contribution in [2.45, 2.75) is 38.1 Å². The van der Waals surface area contributed by atoms with Crippen LogP contribution in [-0.4, -0.2) is 23.2 Å². The van der Waals surface area contributed by atoms with Crippen molar-refractivity contribution in [3.63, 3.8) is 0 Å². The minimum atomic E-state index is -0.120. The van der Waals surface area contributed by atoms with Gasteiger partial charge in [0.25, 0.3) is 0 Å². The van der Waals surface area contributed by atoms with Gasteiger partial charge in [0.15, 0.2) is 0 Å². The quantitative estimate of drug-likeness (QED) is 0.328. The summed E-state index contributed by atoms with van der Waals surface area (Å²) in [5.74, 6) is 11.9. The number of piperidine rings is 1. The number of nitrogens with zero attached hydrogens (tertiary/aromatic N) is 2. The Morgan fingerprint density at radius 3 is 2.54 bits per heavy atom. The van der Waals surface area contributed by atoms with Crippen molar-refractivity contribution in [2.24, 2.45) is 28.6 Å². The van der Waals surface area contributed by atoms with Gasteiger partial charge in [0.2, 0.25) is 5.91 Å². The Labute approximate surface area is 147 Å². The summed E-state index contributed by atoms with van der Waals surface area (Å²) in [6, 6.07) is 7.94. The van der Waals surface area contributed by atoms with Crippen molar-refractivity contribution in [3.05, 3.63) is 34.9 Å². The fraction of sp³-hybridized carbons (Fsp3) is 0.529. The van der Waals surface area contributed by atoms with Crippen LogP contribution in [-0.2, 0) is 4.79 Å². The fourth-order valence-electron chi connectivity index (χ4n) is 3.43. The van der Waals surface area contributed by atoms with Gasteiger partial charge in [-0.25, -0.2) is 5.84 Å². The van der Waals surface area contributed by atoms with Gasteiger partial charge in [-0.3, -0.25) is 4.79 Å². The molecule has 1 aromatic rings. The number of hydrogen-bond donors (Lipinski definition) is 3. The number of halogens is 1. The molecule has 1 aliphatic carbocycles. The first-order valence-electron chi connectivity index (χ1n) is 8.41. The number of benzene rings is 1. The smallest absolute Gasteiger partial charge is 0.226 e. The lowest BCUT2D eigenvalue weighted by molar-refractivity contribution is -0.142. The molecule has 24 heavy (non-hydrogen) atoms. The summed E-state index contributed by atoms with van der Waals surface area (Å²) in [5, 5.41) is 4.33. The number of rotatable bonds is 5. The predicted octanol–water partition coefficient (Wildman–Crippen LogP) is 2.16. The lowest BCUT2D eigenvalue weighted by Crippen LogP contribution is -2.46. The molecule has 0 radical (unpaired) electrons. The lowest BCUT2D eigenvalue weighted by atomic mass is 9.86. The van der Waals surface area contributed by atoms with E-state index in [0.29, 0.717) is 23.2 Å². The van der Waals surface area contributed by atoms with E-state index >= 15 is 0 Å². The largest absolute Gasteiger partial charge is 0.335 e. The molecular weight excluding hydrogens is 326 g/mol. The molecule has 1 amide bonds. The van der Waals surface area contributed by atoms with Crippen LogP contribution in [0.15, 0.2) is 29.4 Å². The summed E-state index contributed by atoms with van der Waals surface area (Å²) >= 11 is 6.00. The van der Waals surface area contributed by atoms with Crippen LogP contribution in [0.1, 0.15) is 43.7 Å². The first kappa shape index (κ1) is 17.0. The third-order valence-corrected chi connectivity index (χ3v) is 5.22. The highest BCUT2D eigenvalue weighted by atomic mass is 35.5.